The normalized spacial score (nSPS) is 39.0. The molecule has 3 heteroatoms. The van der Waals surface area contributed by atoms with E-state index in [9.17, 15) is 9.90 Å². The minimum Gasteiger partial charge on any atom is -0.390 e. The molecule has 5 rings (SSSR count). The van der Waals surface area contributed by atoms with E-state index in [1.807, 2.05) is 24.3 Å². The first-order valence-corrected chi connectivity index (χ1v) is 8.63. The van der Waals surface area contributed by atoms with E-state index in [2.05, 4.69) is 12.2 Å². The number of hydrogen-bond acceptors (Lipinski definition) is 2. The van der Waals surface area contributed by atoms with Crippen molar-refractivity contribution in [1.82, 2.24) is 5.32 Å². The average molecular weight is 299 g/mol. The molecular formula is C19H25NO2. The van der Waals surface area contributed by atoms with E-state index >= 15 is 0 Å². The van der Waals surface area contributed by atoms with Crippen LogP contribution in [0.25, 0.3) is 0 Å². The molecule has 0 spiro atoms. The molecule has 1 aromatic rings. The van der Waals surface area contributed by atoms with Gasteiger partial charge in [-0.25, -0.2) is 0 Å². The average Bonchev–Trinajstić information content (AvgIpc) is 2.44. The predicted molar refractivity (Wildman–Crippen MR) is 85.6 cm³/mol. The second kappa shape index (κ2) is 4.82. The van der Waals surface area contributed by atoms with Crippen LogP contribution >= 0.6 is 0 Å². The van der Waals surface area contributed by atoms with E-state index < -0.39 is 5.60 Å². The van der Waals surface area contributed by atoms with Gasteiger partial charge in [0.15, 0.2) is 0 Å². The maximum atomic E-state index is 12.6. The Hall–Kier alpha value is -1.35. The lowest BCUT2D eigenvalue weighted by Gasteiger charge is -2.60. The lowest BCUT2D eigenvalue weighted by atomic mass is 9.51. The largest absolute Gasteiger partial charge is 0.390 e. The Labute approximate surface area is 132 Å². The van der Waals surface area contributed by atoms with Crippen LogP contribution in [-0.2, 0) is 6.42 Å². The van der Waals surface area contributed by atoms with Gasteiger partial charge < -0.3 is 10.4 Å². The van der Waals surface area contributed by atoms with Crippen molar-refractivity contribution in [3.63, 3.8) is 0 Å². The first kappa shape index (κ1) is 14.3. The Morgan fingerprint density at radius 1 is 1.18 bits per heavy atom. The summed E-state index contributed by atoms with van der Waals surface area (Å²) < 4.78 is 0. The highest BCUT2D eigenvalue weighted by atomic mass is 16.3. The van der Waals surface area contributed by atoms with Crippen molar-refractivity contribution in [1.29, 1.82) is 0 Å². The van der Waals surface area contributed by atoms with E-state index in [0.717, 1.165) is 44.1 Å². The monoisotopic (exact) mass is 299 g/mol. The van der Waals surface area contributed by atoms with Crippen LogP contribution in [0.2, 0.25) is 0 Å². The van der Waals surface area contributed by atoms with Crippen molar-refractivity contribution in [3.8, 4) is 0 Å². The molecule has 2 N–H and O–H groups in total. The van der Waals surface area contributed by atoms with Crippen molar-refractivity contribution in [3.05, 3.63) is 35.4 Å². The van der Waals surface area contributed by atoms with Crippen LogP contribution in [0.3, 0.4) is 0 Å². The molecule has 0 radical (unpaired) electrons. The van der Waals surface area contributed by atoms with Crippen molar-refractivity contribution in [2.24, 2.45) is 11.8 Å². The Morgan fingerprint density at radius 2 is 1.82 bits per heavy atom. The van der Waals surface area contributed by atoms with E-state index in [1.54, 1.807) is 0 Å². The van der Waals surface area contributed by atoms with Gasteiger partial charge in [-0.2, -0.15) is 0 Å². The Balaban J connectivity index is 1.53. The van der Waals surface area contributed by atoms with Crippen LogP contribution < -0.4 is 5.32 Å². The highest BCUT2D eigenvalue weighted by Gasteiger charge is 2.57. The molecule has 0 saturated heterocycles. The number of benzene rings is 1. The fraction of sp³-hybridized carbons (Fsp3) is 0.632. The second-order valence-corrected chi connectivity index (χ2v) is 7.97. The molecule has 0 aromatic heterocycles. The van der Waals surface area contributed by atoms with Crippen molar-refractivity contribution >= 4 is 5.91 Å². The molecule has 1 aromatic carbocycles. The van der Waals surface area contributed by atoms with Crippen LogP contribution in [0.15, 0.2) is 24.3 Å². The molecule has 4 fully saturated rings. The molecule has 3 nitrogen and oxygen atoms in total. The van der Waals surface area contributed by atoms with Gasteiger partial charge in [0.1, 0.15) is 0 Å². The quantitative estimate of drug-likeness (QED) is 0.901. The molecule has 2 unspecified atom stereocenters. The zero-order valence-corrected chi connectivity index (χ0v) is 13.3. The van der Waals surface area contributed by atoms with Gasteiger partial charge in [0.05, 0.1) is 5.60 Å². The number of aliphatic hydroxyl groups is 1. The molecule has 4 aliphatic rings. The highest BCUT2D eigenvalue weighted by molar-refractivity contribution is 5.94. The molecule has 1 amide bonds. The van der Waals surface area contributed by atoms with Gasteiger partial charge >= 0.3 is 0 Å². The van der Waals surface area contributed by atoms with Gasteiger partial charge in [0.25, 0.3) is 5.91 Å². The third kappa shape index (κ3) is 2.36. The van der Waals surface area contributed by atoms with Crippen molar-refractivity contribution < 1.29 is 9.90 Å². The van der Waals surface area contributed by atoms with Gasteiger partial charge in [-0.3, -0.25) is 4.79 Å². The minimum atomic E-state index is -0.524. The third-order valence-electron chi connectivity index (χ3n) is 6.03. The topological polar surface area (TPSA) is 49.3 Å². The fourth-order valence-corrected chi connectivity index (χ4v) is 5.57. The van der Waals surface area contributed by atoms with Crippen molar-refractivity contribution in [2.75, 3.05) is 0 Å². The number of hydrogen-bond donors (Lipinski definition) is 2. The molecule has 118 valence electrons. The molecule has 0 heterocycles. The van der Waals surface area contributed by atoms with Gasteiger partial charge in [-0.1, -0.05) is 19.1 Å². The number of nitrogens with one attached hydrogen (secondary N) is 1. The van der Waals surface area contributed by atoms with E-state index in [-0.39, 0.29) is 11.4 Å². The lowest BCUT2D eigenvalue weighted by Crippen LogP contribution is -2.65. The van der Waals surface area contributed by atoms with E-state index in [0.29, 0.717) is 11.8 Å². The smallest absolute Gasteiger partial charge is 0.251 e. The van der Waals surface area contributed by atoms with Crippen LogP contribution in [-0.4, -0.2) is 22.2 Å². The van der Waals surface area contributed by atoms with Gasteiger partial charge in [-0.05, 0) is 74.5 Å². The molecule has 0 aliphatic heterocycles. The first-order valence-electron chi connectivity index (χ1n) is 8.63. The summed E-state index contributed by atoms with van der Waals surface area (Å²) in [6.07, 6.45) is 6.94. The van der Waals surface area contributed by atoms with Gasteiger partial charge in [0, 0.05) is 11.1 Å². The summed E-state index contributed by atoms with van der Waals surface area (Å²) in [7, 11) is 0. The molecule has 4 bridgehead atoms. The summed E-state index contributed by atoms with van der Waals surface area (Å²) in [5.41, 5.74) is 1.29. The number of amides is 1. The molecule has 4 saturated carbocycles. The van der Waals surface area contributed by atoms with Crippen LogP contribution in [0.1, 0.15) is 61.4 Å². The zero-order valence-electron chi connectivity index (χ0n) is 13.3. The number of rotatable bonds is 3. The summed E-state index contributed by atoms with van der Waals surface area (Å²) in [6.45, 7) is 2.12. The maximum absolute atomic E-state index is 12.6. The van der Waals surface area contributed by atoms with Crippen LogP contribution in [0, 0.1) is 11.8 Å². The molecule has 4 aliphatic carbocycles. The zero-order chi connectivity index (χ0) is 15.4. The molecule has 22 heavy (non-hydrogen) atoms. The van der Waals surface area contributed by atoms with Crippen LogP contribution in [0.5, 0.6) is 0 Å². The summed E-state index contributed by atoms with van der Waals surface area (Å²) in [6, 6.07) is 7.90. The summed E-state index contributed by atoms with van der Waals surface area (Å²) in [5, 5.41) is 14.1. The maximum Gasteiger partial charge on any atom is 0.251 e. The highest BCUT2D eigenvalue weighted by Crippen LogP contribution is 2.57. The van der Waals surface area contributed by atoms with Gasteiger partial charge in [-0.15, -0.1) is 0 Å². The Kier molecular flexibility index (Phi) is 3.12. The second-order valence-electron chi connectivity index (χ2n) is 7.97. The van der Waals surface area contributed by atoms with Crippen LogP contribution in [0.4, 0.5) is 0 Å². The van der Waals surface area contributed by atoms with E-state index in [1.165, 1.54) is 12.0 Å². The minimum absolute atomic E-state index is 0.0215. The van der Waals surface area contributed by atoms with E-state index in [4.69, 9.17) is 0 Å². The Bertz CT molecular complexity index is 578. The fourth-order valence-electron chi connectivity index (χ4n) is 5.57. The third-order valence-corrected chi connectivity index (χ3v) is 6.03. The number of carbonyl (C=O) groups is 1. The molecular weight excluding hydrogens is 274 g/mol. The number of carbonyl (C=O) groups excluding carboxylic acids is 1. The van der Waals surface area contributed by atoms with Gasteiger partial charge in [0.2, 0.25) is 0 Å². The summed E-state index contributed by atoms with van der Waals surface area (Å²) in [5.74, 6) is 1.20. The number of aryl methyl sites for hydroxylation is 1. The standard InChI is InChI=1S/C19H25NO2/c1-2-13-3-5-16(6-4-13)17(21)20-18-8-14-7-15(9-18)11-19(22,10-14)12-18/h3-6,14-15,22H,2,7-12H2,1H3,(H,20,21). The molecule has 2 atom stereocenters. The summed E-state index contributed by atoms with van der Waals surface area (Å²) in [4.78, 5) is 12.6. The predicted octanol–water partition coefficient (Wildman–Crippen LogP) is 3.06. The summed E-state index contributed by atoms with van der Waals surface area (Å²) >= 11 is 0. The SMILES string of the molecule is CCc1ccc(C(=O)NC23CC4CC(CC(O)(C4)C2)C3)cc1. The van der Waals surface area contributed by atoms with Crippen molar-refractivity contribution in [2.45, 2.75) is 63.0 Å². The first-order chi connectivity index (χ1) is 10.5. The lowest BCUT2D eigenvalue weighted by molar-refractivity contribution is -0.139. The Morgan fingerprint density at radius 3 is 2.36 bits per heavy atom.